The van der Waals surface area contributed by atoms with Crippen LogP contribution in [-0.4, -0.2) is 32.3 Å². The van der Waals surface area contributed by atoms with E-state index in [1.54, 1.807) is 7.11 Å². The van der Waals surface area contributed by atoms with Crippen LogP contribution in [0.15, 0.2) is 18.2 Å². The standard InChI is InChI=1S/C15H26N2O/c1-11-7-8-14(12(2)9-11)17(5)15(4,10-16)13(3)18-6/h7-9,13H,10,16H2,1-6H3. The average Bonchev–Trinajstić information content (AvgIpc) is 2.36. The lowest BCUT2D eigenvalue weighted by Crippen LogP contribution is -2.58. The van der Waals surface area contributed by atoms with Crippen molar-refractivity contribution in [2.45, 2.75) is 39.3 Å². The lowest BCUT2D eigenvalue weighted by Gasteiger charge is -2.44. The van der Waals surface area contributed by atoms with Crippen molar-refractivity contribution in [3.63, 3.8) is 0 Å². The van der Waals surface area contributed by atoms with Crippen LogP contribution in [0.3, 0.4) is 0 Å². The maximum absolute atomic E-state index is 5.98. The minimum Gasteiger partial charge on any atom is -0.379 e. The van der Waals surface area contributed by atoms with Crippen LogP contribution in [0, 0.1) is 13.8 Å². The zero-order valence-electron chi connectivity index (χ0n) is 12.4. The predicted molar refractivity (Wildman–Crippen MR) is 78.2 cm³/mol. The molecule has 0 spiro atoms. The SMILES string of the molecule is COC(C)C(C)(CN)N(C)c1ccc(C)cc1C. The van der Waals surface area contributed by atoms with E-state index in [-0.39, 0.29) is 11.6 Å². The fourth-order valence-electron chi connectivity index (χ4n) is 2.29. The molecule has 1 rings (SSSR count). The monoisotopic (exact) mass is 250 g/mol. The first kappa shape index (κ1) is 15.0. The molecule has 0 amide bonds. The number of hydrogen-bond acceptors (Lipinski definition) is 3. The third kappa shape index (κ3) is 2.68. The number of likely N-dealkylation sites (N-methyl/N-ethyl adjacent to an activating group) is 1. The van der Waals surface area contributed by atoms with Gasteiger partial charge in [-0.05, 0) is 39.3 Å². The molecule has 3 nitrogen and oxygen atoms in total. The molecule has 0 bridgehead atoms. The van der Waals surface area contributed by atoms with E-state index in [2.05, 4.69) is 57.8 Å². The Hall–Kier alpha value is -1.06. The largest absolute Gasteiger partial charge is 0.379 e. The molecular weight excluding hydrogens is 224 g/mol. The number of nitrogens with zero attached hydrogens (tertiary/aromatic N) is 1. The van der Waals surface area contributed by atoms with Crippen molar-refractivity contribution in [3.05, 3.63) is 29.3 Å². The Labute approximate surface area is 111 Å². The summed E-state index contributed by atoms with van der Waals surface area (Å²) in [5, 5.41) is 0. The summed E-state index contributed by atoms with van der Waals surface area (Å²) >= 11 is 0. The number of nitrogens with two attached hydrogens (primary N) is 1. The van der Waals surface area contributed by atoms with E-state index in [0.29, 0.717) is 6.54 Å². The molecule has 102 valence electrons. The fourth-order valence-corrected chi connectivity index (χ4v) is 2.29. The second kappa shape index (κ2) is 5.72. The van der Waals surface area contributed by atoms with Crippen LogP contribution in [-0.2, 0) is 4.74 Å². The van der Waals surface area contributed by atoms with Gasteiger partial charge in [0.05, 0.1) is 11.6 Å². The normalized spacial score (nSPS) is 16.2. The van der Waals surface area contributed by atoms with Crippen molar-refractivity contribution in [2.24, 2.45) is 5.73 Å². The lowest BCUT2D eigenvalue weighted by molar-refractivity contribution is 0.0579. The van der Waals surface area contributed by atoms with Gasteiger partial charge in [0, 0.05) is 26.4 Å². The Balaban J connectivity index is 3.14. The number of ether oxygens (including phenoxy) is 1. The quantitative estimate of drug-likeness (QED) is 0.872. The first-order valence-electron chi connectivity index (χ1n) is 6.40. The van der Waals surface area contributed by atoms with Crippen molar-refractivity contribution in [1.82, 2.24) is 0 Å². The van der Waals surface area contributed by atoms with Gasteiger partial charge in [0.15, 0.2) is 0 Å². The number of anilines is 1. The molecule has 0 saturated heterocycles. The molecule has 2 atom stereocenters. The second-order valence-electron chi connectivity index (χ2n) is 5.29. The molecule has 1 aromatic rings. The van der Waals surface area contributed by atoms with E-state index in [9.17, 15) is 0 Å². The molecule has 1 aromatic carbocycles. The molecule has 0 saturated carbocycles. The van der Waals surface area contributed by atoms with Gasteiger partial charge in [0.2, 0.25) is 0 Å². The Morgan fingerprint density at radius 3 is 2.44 bits per heavy atom. The summed E-state index contributed by atoms with van der Waals surface area (Å²) in [5.74, 6) is 0. The third-order valence-electron chi connectivity index (χ3n) is 4.12. The summed E-state index contributed by atoms with van der Waals surface area (Å²) in [4.78, 5) is 2.23. The Kier molecular flexibility index (Phi) is 4.77. The number of hydrogen-bond donors (Lipinski definition) is 1. The first-order valence-corrected chi connectivity index (χ1v) is 6.40. The molecule has 0 aliphatic carbocycles. The minimum atomic E-state index is -0.214. The first-order chi connectivity index (χ1) is 8.36. The Morgan fingerprint density at radius 1 is 1.39 bits per heavy atom. The fraction of sp³-hybridized carbons (Fsp3) is 0.600. The van der Waals surface area contributed by atoms with Crippen LogP contribution in [0.1, 0.15) is 25.0 Å². The highest BCUT2D eigenvalue weighted by atomic mass is 16.5. The van der Waals surface area contributed by atoms with Crippen LogP contribution in [0.25, 0.3) is 0 Å². The molecule has 0 radical (unpaired) electrons. The van der Waals surface area contributed by atoms with Gasteiger partial charge in [-0.25, -0.2) is 0 Å². The molecule has 2 N–H and O–H groups in total. The molecule has 0 aromatic heterocycles. The maximum Gasteiger partial charge on any atom is 0.0784 e. The summed E-state index contributed by atoms with van der Waals surface area (Å²) in [5.41, 5.74) is 9.51. The minimum absolute atomic E-state index is 0.0632. The van der Waals surface area contributed by atoms with Crippen LogP contribution in [0.5, 0.6) is 0 Å². The van der Waals surface area contributed by atoms with Gasteiger partial charge in [-0.15, -0.1) is 0 Å². The van der Waals surface area contributed by atoms with Gasteiger partial charge < -0.3 is 15.4 Å². The second-order valence-corrected chi connectivity index (χ2v) is 5.29. The molecule has 2 unspecified atom stereocenters. The van der Waals surface area contributed by atoms with Crippen LogP contribution >= 0.6 is 0 Å². The lowest BCUT2D eigenvalue weighted by atomic mass is 9.92. The van der Waals surface area contributed by atoms with Crippen molar-refractivity contribution >= 4 is 5.69 Å². The third-order valence-corrected chi connectivity index (χ3v) is 4.12. The van der Waals surface area contributed by atoms with Crippen LogP contribution in [0.2, 0.25) is 0 Å². The van der Waals surface area contributed by atoms with Crippen LogP contribution in [0.4, 0.5) is 5.69 Å². The highest BCUT2D eigenvalue weighted by Crippen LogP contribution is 2.29. The van der Waals surface area contributed by atoms with E-state index in [4.69, 9.17) is 10.5 Å². The number of benzene rings is 1. The summed E-state index contributed by atoms with van der Waals surface area (Å²) < 4.78 is 5.49. The van der Waals surface area contributed by atoms with E-state index < -0.39 is 0 Å². The number of methoxy groups -OCH3 is 1. The van der Waals surface area contributed by atoms with Crippen LogP contribution < -0.4 is 10.6 Å². The van der Waals surface area contributed by atoms with Gasteiger partial charge in [0.25, 0.3) is 0 Å². The topological polar surface area (TPSA) is 38.5 Å². The van der Waals surface area contributed by atoms with E-state index in [1.165, 1.54) is 16.8 Å². The number of aryl methyl sites for hydroxylation is 2. The predicted octanol–water partition coefficient (Wildman–Crippen LogP) is 2.49. The summed E-state index contributed by atoms with van der Waals surface area (Å²) in [7, 11) is 3.81. The summed E-state index contributed by atoms with van der Waals surface area (Å²) in [6, 6.07) is 6.48. The smallest absolute Gasteiger partial charge is 0.0784 e. The van der Waals surface area contributed by atoms with Crippen molar-refractivity contribution in [2.75, 3.05) is 25.6 Å². The highest BCUT2D eigenvalue weighted by molar-refractivity contribution is 5.56. The molecule has 0 aliphatic heterocycles. The van der Waals surface area contributed by atoms with Crippen molar-refractivity contribution in [3.8, 4) is 0 Å². The van der Waals surface area contributed by atoms with E-state index in [1.807, 2.05) is 0 Å². The maximum atomic E-state index is 5.98. The number of rotatable bonds is 5. The highest BCUT2D eigenvalue weighted by Gasteiger charge is 2.35. The zero-order valence-corrected chi connectivity index (χ0v) is 12.4. The molecule has 18 heavy (non-hydrogen) atoms. The molecule has 0 heterocycles. The average molecular weight is 250 g/mol. The molecular formula is C15H26N2O. The van der Waals surface area contributed by atoms with E-state index >= 15 is 0 Å². The van der Waals surface area contributed by atoms with Crippen molar-refractivity contribution < 1.29 is 4.74 Å². The summed E-state index contributed by atoms with van der Waals surface area (Å²) in [6.45, 7) is 8.99. The molecule has 3 heteroatoms. The van der Waals surface area contributed by atoms with Gasteiger partial charge in [-0.2, -0.15) is 0 Å². The molecule has 0 fully saturated rings. The summed E-state index contributed by atoms with van der Waals surface area (Å²) in [6.07, 6.45) is 0.0632. The molecule has 0 aliphatic rings. The van der Waals surface area contributed by atoms with Crippen molar-refractivity contribution in [1.29, 1.82) is 0 Å². The van der Waals surface area contributed by atoms with Gasteiger partial charge in [0.1, 0.15) is 0 Å². The van der Waals surface area contributed by atoms with Gasteiger partial charge in [-0.1, -0.05) is 17.7 Å². The Bertz CT molecular complexity index is 405. The Morgan fingerprint density at radius 2 is 2.00 bits per heavy atom. The van der Waals surface area contributed by atoms with E-state index in [0.717, 1.165) is 0 Å². The zero-order chi connectivity index (χ0) is 13.9. The van der Waals surface area contributed by atoms with Gasteiger partial charge in [-0.3, -0.25) is 0 Å². The van der Waals surface area contributed by atoms with Gasteiger partial charge >= 0.3 is 0 Å².